The summed E-state index contributed by atoms with van der Waals surface area (Å²) in [5.41, 5.74) is 0.183. The fraction of sp³-hybridized carbons (Fsp3) is 0.118. The lowest BCUT2D eigenvalue weighted by molar-refractivity contribution is -0.119. The van der Waals surface area contributed by atoms with Crippen LogP contribution >= 0.6 is 0 Å². The first-order chi connectivity index (χ1) is 12.3. The summed E-state index contributed by atoms with van der Waals surface area (Å²) >= 11 is 0. The topological polar surface area (TPSA) is 107 Å². The number of benzene rings is 2. The van der Waals surface area contributed by atoms with Crippen molar-refractivity contribution in [3.05, 3.63) is 65.0 Å². The van der Waals surface area contributed by atoms with Crippen molar-refractivity contribution in [2.75, 3.05) is 6.26 Å². The van der Waals surface area contributed by atoms with Crippen molar-refractivity contribution in [1.82, 2.24) is 14.3 Å². The van der Waals surface area contributed by atoms with Gasteiger partial charge in [0.05, 0.1) is 17.3 Å². The highest BCUT2D eigenvalue weighted by Crippen LogP contribution is 2.18. The summed E-state index contributed by atoms with van der Waals surface area (Å²) in [4.78, 5) is 28.9. The van der Waals surface area contributed by atoms with Crippen LogP contribution in [0.4, 0.5) is 0 Å². The normalized spacial score (nSPS) is 11.3. The lowest BCUT2D eigenvalue weighted by atomic mass is 10.3. The van der Waals surface area contributed by atoms with Crippen LogP contribution in [-0.4, -0.2) is 30.1 Å². The predicted octanol–water partition coefficient (Wildman–Crippen LogP) is 1.26. The Labute approximate surface area is 149 Å². The standard InChI is InChI=1S/C17H15N3O5S/c1-26(23,24)19-15(21)11-20-14-10-6-5-9-13(14)18-16(17(20)22)25-12-7-3-2-4-8-12/h2-10H,11H2,1H3,(H,19,21). The largest absolute Gasteiger partial charge is 0.435 e. The number of para-hydroxylation sites is 3. The lowest BCUT2D eigenvalue weighted by Gasteiger charge is -2.12. The smallest absolute Gasteiger partial charge is 0.314 e. The van der Waals surface area contributed by atoms with E-state index < -0.39 is 28.0 Å². The van der Waals surface area contributed by atoms with Gasteiger partial charge in [0.2, 0.25) is 10.0 Å². The van der Waals surface area contributed by atoms with E-state index in [-0.39, 0.29) is 5.88 Å². The van der Waals surface area contributed by atoms with Crippen molar-refractivity contribution in [3.8, 4) is 11.6 Å². The number of carbonyl (C=O) groups excluding carboxylic acids is 1. The fourth-order valence-corrected chi connectivity index (χ4v) is 2.85. The monoisotopic (exact) mass is 373 g/mol. The minimum atomic E-state index is -3.73. The number of sulfonamides is 1. The van der Waals surface area contributed by atoms with Crippen molar-refractivity contribution in [3.63, 3.8) is 0 Å². The lowest BCUT2D eigenvalue weighted by Crippen LogP contribution is -2.36. The number of hydrogen-bond donors (Lipinski definition) is 1. The van der Waals surface area contributed by atoms with Crippen molar-refractivity contribution in [2.45, 2.75) is 6.54 Å². The minimum absolute atomic E-state index is 0.206. The fourth-order valence-electron chi connectivity index (χ4n) is 2.38. The molecule has 0 saturated carbocycles. The van der Waals surface area contributed by atoms with Gasteiger partial charge >= 0.3 is 5.56 Å². The van der Waals surface area contributed by atoms with E-state index in [1.807, 2.05) is 4.72 Å². The zero-order valence-electron chi connectivity index (χ0n) is 13.7. The number of ether oxygens (including phenoxy) is 1. The third kappa shape index (κ3) is 4.06. The van der Waals surface area contributed by atoms with E-state index >= 15 is 0 Å². The van der Waals surface area contributed by atoms with E-state index in [4.69, 9.17) is 4.74 Å². The van der Waals surface area contributed by atoms with Crippen molar-refractivity contribution < 1.29 is 17.9 Å². The average Bonchev–Trinajstić information content (AvgIpc) is 2.58. The summed E-state index contributed by atoms with van der Waals surface area (Å²) in [6.07, 6.45) is 0.863. The third-order valence-corrected chi connectivity index (χ3v) is 3.98. The van der Waals surface area contributed by atoms with Crippen molar-refractivity contribution >= 4 is 27.0 Å². The molecule has 1 N–H and O–H groups in total. The molecule has 0 aliphatic carbocycles. The second-order valence-corrected chi connectivity index (χ2v) is 7.26. The van der Waals surface area contributed by atoms with Crippen LogP contribution in [0.5, 0.6) is 11.6 Å². The maximum absolute atomic E-state index is 12.7. The molecule has 0 atom stereocenters. The van der Waals surface area contributed by atoms with Gasteiger partial charge < -0.3 is 4.74 Å². The first kappa shape index (κ1) is 17.6. The van der Waals surface area contributed by atoms with Gasteiger partial charge in [-0.15, -0.1) is 0 Å². The zero-order valence-corrected chi connectivity index (χ0v) is 14.6. The van der Waals surface area contributed by atoms with Crippen LogP contribution in [0.2, 0.25) is 0 Å². The van der Waals surface area contributed by atoms with Crippen LogP contribution in [0.3, 0.4) is 0 Å². The van der Waals surface area contributed by atoms with Crippen LogP contribution < -0.4 is 15.0 Å². The molecule has 3 aromatic rings. The van der Waals surface area contributed by atoms with Crippen LogP contribution in [0.25, 0.3) is 11.0 Å². The maximum atomic E-state index is 12.7. The minimum Gasteiger partial charge on any atom is -0.435 e. The molecule has 0 fully saturated rings. The van der Waals surface area contributed by atoms with E-state index in [9.17, 15) is 18.0 Å². The van der Waals surface area contributed by atoms with Crippen LogP contribution in [-0.2, 0) is 21.4 Å². The first-order valence-corrected chi connectivity index (χ1v) is 9.46. The third-order valence-electron chi connectivity index (χ3n) is 3.38. The molecular weight excluding hydrogens is 358 g/mol. The second-order valence-electron chi connectivity index (χ2n) is 5.51. The average molecular weight is 373 g/mol. The Morgan fingerprint density at radius 2 is 1.77 bits per heavy atom. The van der Waals surface area contributed by atoms with Gasteiger partial charge in [0, 0.05) is 0 Å². The molecule has 8 nitrogen and oxygen atoms in total. The maximum Gasteiger partial charge on any atom is 0.314 e. The van der Waals surface area contributed by atoms with E-state index in [0.29, 0.717) is 16.8 Å². The number of hydrogen-bond acceptors (Lipinski definition) is 6. The summed E-state index contributed by atoms with van der Waals surface area (Å²) in [5.74, 6) is -0.627. The van der Waals surface area contributed by atoms with Gasteiger partial charge in [-0.2, -0.15) is 0 Å². The van der Waals surface area contributed by atoms with Crippen LogP contribution in [0.15, 0.2) is 59.4 Å². The Bertz CT molecular complexity index is 1120. The Morgan fingerprint density at radius 1 is 1.12 bits per heavy atom. The molecule has 0 aliphatic rings. The Balaban J connectivity index is 2.07. The molecular formula is C17H15N3O5S. The molecule has 1 amide bonds. The summed E-state index contributed by atoms with van der Waals surface area (Å²) in [6, 6.07) is 15.3. The molecule has 0 radical (unpaired) electrons. The Hall–Kier alpha value is -3.20. The van der Waals surface area contributed by atoms with Gasteiger partial charge in [-0.3, -0.25) is 18.9 Å². The number of nitrogens with zero attached hydrogens (tertiary/aromatic N) is 2. The summed E-state index contributed by atoms with van der Waals surface area (Å²) < 4.78 is 31.0. The number of nitrogens with one attached hydrogen (secondary N) is 1. The number of carbonyl (C=O) groups is 1. The van der Waals surface area contributed by atoms with Crippen LogP contribution in [0.1, 0.15) is 0 Å². The van der Waals surface area contributed by atoms with Gasteiger partial charge in [0.25, 0.3) is 11.8 Å². The summed E-state index contributed by atoms with van der Waals surface area (Å²) in [7, 11) is -3.73. The molecule has 26 heavy (non-hydrogen) atoms. The summed E-state index contributed by atoms with van der Waals surface area (Å²) in [5, 5.41) is 0. The molecule has 0 bridgehead atoms. The SMILES string of the molecule is CS(=O)(=O)NC(=O)Cn1c(=O)c(Oc2ccccc2)nc2ccccc21. The van der Waals surface area contributed by atoms with Crippen LogP contribution in [0, 0.1) is 0 Å². The number of amides is 1. The number of aromatic nitrogens is 2. The van der Waals surface area contributed by atoms with E-state index in [1.54, 1.807) is 54.6 Å². The van der Waals surface area contributed by atoms with Crippen molar-refractivity contribution in [1.29, 1.82) is 0 Å². The predicted molar refractivity (Wildman–Crippen MR) is 95.5 cm³/mol. The van der Waals surface area contributed by atoms with Crippen molar-refractivity contribution in [2.24, 2.45) is 0 Å². The van der Waals surface area contributed by atoms with E-state index in [2.05, 4.69) is 4.98 Å². The molecule has 9 heteroatoms. The number of fused-ring (bicyclic) bond motifs is 1. The van der Waals surface area contributed by atoms with Gasteiger partial charge in [-0.1, -0.05) is 30.3 Å². The Morgan fingerprint density at radius 3 is 2.46 bits per heavy atom. The highest BCUT2D eigenvalue weighted by molar-refractivity contribution is 7.89. The molecule has 2 aromatic carbocycles. The highest BCUT2D eigenvalue weighted by Gasteiger charge is 2.17. The van der Waals surface area contributed by atoms with Gasteiger partial charge in [0.15, 0.2) is 0 Å². The van der Waals surface area contributed by atoms with Gasteiger partial charge in [-0.25, -0.2) is 13.4 Å². The molecule has 0 saturated heterocycles. The molecule has 3 rings (SSSR count). The number of rotatable bonds is 5. The summed E-state index contributed by atoms with van der Waals surface area (Å²) in [6.45, 7) is -0.486. The Kier molecular flexibility index (Phi) is 4.72. The molecule has 1 aromatic heterocycles. The molecule has 134 valence electrons. The molecule has 0 unspecified atom stereocenters. The first-order valence-electron chi connectivity index (χ1n) is 7.56. The zero-order chi connectivity index (χ0) is 18.7. The quantitative estimate of drug-likeness (QED) is 0.722. The van der Waals surface area contributed by atoms with E-state index in [0.717, 1.165) is 10.8 Å². The molecule has 1 heterocycles. The highest BCUT2D eigenvalue weighted by atomic mass is 32.2. The molecule has 0 aliphatic heterocycles. The second kappa shape index (κ2) is 6.96. The molecule has 0 spiro atoms. The van der Waals surface area contributed by atoms with Gasteiger partial charge in [-0.05, 0) is 24.3 Å². The van der Waals surface area contributed by atoms with E-state index in [1.165, 1.54) is 0 Å². The van der Waals surface area contributed by atoms with Gasteiger partial charge in [0.1, 0.15) is 12.3 Å².